The van der Waals surface area contributed by atoms with Crippen LogP contribution in [0.3, 0.4) is 0 Å². The van der Waals surface area contributed by atoms with Gasteiger partial charge in [0.2, 0.25) is 0 Å². The Morgan fingerprint density at radius 1 is 1.21 bits per heavy atom. The summed E-state index contributed by atoms with van der Waals surface area (Å²) in [5.41, 5.74) is -0.694. The number of hydrogen-bond acceptors (Lipinski definition) is 4. The van der Waals surface area contributed by atoms with Gasteiger partial charge >= 0.3 is 6.18 Å². The largest absolute Gasteiger partial charge is 0.419 e. The third-order valence-corrected chi connectivity index (χ3v) is 3.18. The number of anilines is 2. The molecule has 0 amide bonds. The molecule has 1 aliphatic heterocycles. The maximum atomic E-state index is 13.0. The fraction of sp³-hybridized carbons (Fsp3) is 0.583. The van der Waals surface area contributed by atoms with Crippen LogP contribution in [0, 0.1) is 0 Å². The summed E-state index contributed by atoms with van der Waals surface area (Å²) in [6, 6.07) is 2.34. The average molecular weight is 274 g/mol. The van der Waals surface area contributed by atoms with Gasteiger partial charge in [0, 0.05) is 20.1 Å². The van der Waals surface area contributed by atoms with Crippen molar-refractivity contribution in [1.82, 2.24) is 4.98 Å². The van der Waals surface area contributed by atoms with Crippen molar-refractivity contribution < 1.29 is 13.2 Å². The van der Waals surface area contributed by atoms with Crippen molar-refractivity contribution in [3.63, 3.8) is 0 Å². The zero-order valence-corrected chi connectivity index (χ0v) is 10.7. The second-order valence-electron chi connectivity index (χ2n) is 4.70. The van der Waals surface area contributed by atoms with E-state index in [0.29, 0.717) is 18.9 Å². The predicted octanol–water partition coefficient (Wildman–Crippen LogP) is 2.40. The van der Waals surface area contributed by atoms with E-state index in [9.17, 15) is 13.2 Å². The summed E-state index contributed by atoms with van der Waals surface area (Å²) in [5.74, 6) is 5.86. The standard InChI is InChI=1S/C12H17F3N4/c1-18(16)10-6-5-9(12(13,14)15)11(17-10)19-7-3-2-4-8-19/h5-6H,2-4,7-8,16H2,1H3. The van der Waals surface area contributed by atoms with Crippen molar-refractivity contribution in [3.05, 3.63) is 17.7 Å². The van der Waals surface area contributed by atoms with E-state index in [2.05, 4.69) is 4.98 Å². The molecule has 2 rings (SSSR count). The summed E-state index contributed by atoms with van der Waals surface area (Å²) < 4.78 is 39.1. The number of piperidine rings is 1. The Morgan fingerprint density at radius 2 is 1.84 bits per heavy atom. The van der Waals surface area contributed by atoms with Gasteiger partial charge in [0.1, 0.15) is 11.6 Å². The van der Waals surface area contributed by atoms with E-state index in [1.807, 2.05) is 0 Å². The van der Waals surface area contributed by atoms with Gasteiger partial charge in [0.05, 0.1) is 5.56 Å². The molecule has 0 aliphatic carbocycles. The van der Waals surface area contributed by atoms with Crippen molar-refractivity contribution in [2.75, 3.05) is 30.0 Å². The van der Waals surface area contributed by atoms with Crippen LogP contribution < -0.4 is 15.8 Å². The minimum absolute atomic E-state index is 0.0120. The second kappa shape index (κ2) is 5.24. The van der Waals surface area contributed by atoms with Crippen molar-refractivity contribution in [1.29, 1.82) is 0 Å². The lowest BCUT2D eigenvalue weighted by Crippen LogP contribution is -2.33. The maximum Gasteiger partial charge on any atom is 0.419 e. The molecule has 0 aromatic carbocycles. The minimum Gasteiger partial charge on any atom is -0.356 e. The van der Waals surface area contributed by atoms with E-state index in [0.717, 1.165) is 25.3 Å². The molecule has 0 bridgehead atoms. The maximum absolute atomic E-state index is 13.0. The molecule has 1 aromatic rings. The van der Waals surface area contributed by atoms with E-state index in [1.54, 1.807) is 11.9 Å². The molecule has 1 aliphatic rings. The quantitative estimate of drug-likeness (QED) is 0.664. The lowest BCUT2D eigenvalue weighted by molar-refractivity contribution is -0.137. The van der Waals surface area contributed by atoms with E-state index >= 15 is 0 Å². The first-order valence-corrected chi connectivity index (χ1v) is 6.21. The van der Waals surface area contributed by atoms with Gasteiger partial charge in [-0.15, -0.1) is 0 Å². The number of hydrazine groups is 1. The molecular weight excluding hydrogens is 257 g/mol. The first-order chi connectivity index (χ1) is 8.89. The van der Waals surface area contributed by atoms with Gasteiger partial charge in [-0.25, -0.2) is 10.8 Å². The molecule has 0 unspecified atom stereocenters. The van der Waals surface area contributed by atoms with Gasteiger partial charge in [0.15, 0.2) is 0 Å². The van der Waals surface area contributed by atoms with Gasteiger partial charge in [-0.05, 0) is 31.4 Å². The fourth-order valence-corrected chi connectivity index (χ4v) is 2.20. The van der Waals surface area contributed by atoms with Gasteiger partial charge in [-0.3, -0.25) is 5.01 Å². The highest BCUT2D eigenvalue weighted by molar-refractivity contribution is 5.55. The number of nitrogens with two attached hydrogens (primary N) is 1. The van der Waals surface area contributed by atoms with Crippen LogP contribution in [0.15, 0.2) is 12.1 Å². The van der Waals surface area contributed by atoms with Gasteiger partial charge in [-0.2, -0.15) is 13.2 Å². The lowest BCUT2D eigenvalue weighted by atomic mass is 10.1. The molecule has 1 aromatic heterocycles. The normalized spacial score (nSPS) is 16.6. The number of hydrogen-bond donors (Lipinski definition) is 1. The van der Waals surface area contributed by atoms with Crippen molar-refractivity contribution >= 4 is 11.6 Å². The zero-order chi connectivity index (χ0) is 14.0. The molecular formula is C12H17F3N4. The summed E-state index contributed by atoms with van der Waals surface area (Å²) in [7, 11) is 1.55. The Balaban J connectivity index is 2.43. The van der Waals surface area contributed by atoms with Crippen LogP contribution in [-0.2, 0) is 6.18 Å². The highest BCUT2D eigenvalue weighted by atomic mass is 19.4. The smallest absolute Gasteiger partial charge is 0.356 e. The SMILES string of the molecule is CN(N)c1ccc(C(F)(F)F)c(N2CCCCC2)n1. The number of halogens is 3. The topological polar surface area (TPSA) is 45.4 Å². The lowest BCUT2D eigenvalue weighted by Gasteiger charge is -2.30. The van der Waals surface area contributed by atoms with Gasteiger partial charge < -0.3 is 4.90 Å². The number of pyridine rings is 1. The molecule has 7 heteroatoms. The summed E-state index contributed by atoms with van der Waals surface area (Å²) in [5, 5.41) is 1.22. The summed E-state index contributed by atoms with van der Waals surface area (Å²) >= 11 is 0. The van der Waals surface area contributed by atoms with Crippen LogP contribution in [0.1, 0.15) is 24.8 Å². The Kier molecular flexibility index (Phi) is 3.84. The number of rotatable bonds is 2. The van der Waals surface area contributed by atoms with Crippen LogP contribution in [0.5, 0.6) is 0 Å². The first kappa shape index (κ1) is 13.9. The molecule has 4 nitrogen and oxygen atoms in total. The van der Waals surface area contributed by atoms with Crippen molar-refractivity contribution in [3.8, 4) is 0 Å². The number of alkyl halides is 3. The summed E-state index contributed by atoms with van der Waals surface area (Å²) in [6.45, 7) is 1.21. The second-order valence-corrected chi connectivity index (χ2v) is 4.70. The molecule has 0 spiro atoms. The van der Waals surface area contributed by atoms with E-state index in [1.165, 1.54) is 11.1 Å². The minimum atomic E-state index is -4.40. The molecule has 0 atom stereocenters. The molecule has 2 N–H and O–H groups in total. The third kappa shape index (κ3) is 3.09. The molecule has 1 fully saturated rings. The monoisotopic (exact) mass is 274 g/mol. The fourth-order valence-electron chi connectivity index (χ4n) is 2.20. The molecule has 0 saturated carbocycles. The number of aromatic nitrogens is 1. The van der Waals surface area contributed by atoms with E-state index in [-0.39, 0.29) is 5.82 Å². The van der Waals surface area contributed by atoms with E-state index < -0.39 is 11.7 Å². The van der Waals surface area contributed by atoms with Crippen molar-refractivity contribution in [2.24, 2.45) is 5.84 Å². The zero-order valence-electron chi connectivity index (χ0n) is 10.7. The average Bonchev–Trinajstić information content (AvgIpc) is 2.38. The summed E-state index contributed by atoms with van der Waals surface area (Å²) in [4.78, 5) is 5.76. The van der Waals surface area contributed by atoms with Crippen LogP contribution >= 0.6 is 0 Å². The Morgan fingerprint density at radius 3 is 2.37 bits per heavy atom. The summed E-state index contributed by atoms with van der Waals surface area (Å²) in [6.07, 6.45) is -1.57. The van der Waals surface area contributed by atoms with Crippen LogP contribution in [-0.4, -0.2) is 25.1 Å². The molecule has 2 heterocycles. The van der Waals surface area contributed by atoms with Crippen LogP contribution in [0.25, 0.3) is 0 Å². The highest BCUT2D eigenvalue weighted by Crippen LogP contribution is 2.37. The molecule has 106 valence electrons. The van der Waals surface area contributed by atoms with Crippen LogP contribution in [0.4, 0.5) is 24.8 Å². The molecule has 1 saturated heterocycles. The number of nitrogens with zero attached hydrogens (tertiary/aromatic N) is 3. The predicted molar refractivity (Wildman–Crippen MR) is 67.9 cm³/mol. The Bertz CT molecular complexity index is 439. The Labute approximate surface area is 110 Å². The van der Waals surface area contributed by atoms with Gasteiger partial charge in [-0.1, -0.05) is 0 Å². The van der Waals surface area contributed by atoms with Crippen LogP contribution in [0.2, 0.25) is 0 Å². The molecule has 0 radical (unpaired) electrons. The Hall–Kier alpha value is -1.50. The molecule has 19 heavy (non-hydrogen) atoms. The van der Waals surface area contributed by atoms with Gasteiger partial charge in [0.25, 0.3) is 0 Å². The first-order valence-electron chi connectivity index (χ1n) is 6.21. The third-order valence-electron chi connectivity index (χ3n) is 3.18. The van der Waals surface area contributed by atoms with E-state index in [4.69, 9.17) is 5.84 Å². The highest BCUT2D eigenvalue weighted by Gasteiger charge is 2.36. The van der Waals surface area contributed by atoms with Crippen molar-refractivity contribution in [2.45, 2.75) is 25.4 Å².